The Morgan fingerprint density at radius 3 is 2.49 bits per heavy atom. The number of nitrogens with zero attached hydrogens (tertiary/aromatic N) is 6. The van der Waals surface area contributed by atoms with Gasteiger partial charge in [-0.05, 0) is 69.8 Å². The second-order valence-electron chi connectivity index (χ2n) is 10.4. The molecule has 3 unspecified atom stereocenters. The summed E-state index contributed by atoms with van der Waals surface area (Å²) in [6.07, 6.45) is 9.95. The lowest BCUT2D eigenvalue weighted by Gasteiger charge is -2.43. The molecule has 0 saturated carbocycles. The van der Waals surface area contributed by atoms with Gasteiger partial charge in [0.1, 0.15) is 11.3 Å². The van der Waals surface area contributed by atoms with Crippen LogP contribution in [0, 0.1) is 12.8 Å². The largest absolute Gasteiger partial charge is 0.355 e. The first kappa shape index (κ1) is 24.8. The summed E-state index contributed by atoms with van der Waals surface area (Å²) in [5.74, 6) is 1.53. The molecular weight excluding hydrogens is 479 g/mol. The van der Waals surface area contributed by atoms with Crippen molar-refractivity contribution in [3.8, 4) is 0 Å². The Morgan fingerprint density at radius 1 is 1.03 bits per heavy atom. The Bertz CT molecular complexity index is 1170. The molecule has 2 saturated heterocycles. The van der Waals surface area contributed by atoms with Crippen molar-refractivity contribution in [3.63, 3.8) is 0 Å². The maximum Gasteiger partial charge on any atom is 0.179 e. The molecule has 8 heteroatoms. The van der Waals surface area contributed by atoms with Crippen LogP contribution in [-0.2, 0) is 0 Å². The number of piperidine rings is 1. The van der Waals surface area contributed by atoms with Gasteiger partial charge in [-0.2, -0.15) is 5.10 Å². The normalized spacial score (nSPS) is 23.3. The molecule has 3 aromatic rings. The Kier molecular flexibility index (Phi) is 7.52. The van der Waals surface area contributed by atoms with Crippen LogP contribution in [0.2, 0.25) is 10.0 Å². The fourth-order valence-corrected chi connectivity index (χ4v) is 6.49. The van der Waals surface area contributed by atoms with E-state index in [4.69, 9.17) is 38.3 Å². The lowest BCUT2D eigenvalue weighted by atomic mass is 9.91. The number of anilines is 1. The summed E-state index contributed by atoms with van der Waals surface area (Å²) in [4.78, 5) is 15.1. The molecule has 2 aliphatic rings. The van der Waals surface area contributed by atoms with Crippen LogP contribution in [-0.4, -0.2) is 56.9 Å². The van der Waals surface area contributed by atoms with Crippen molar-refractivity contribution in [2.45, 2.75) is 71.4 Å². The first-order valence-corrected chi connectivity index (χ1v) is 13.8. The van der Waals surface area contributed by atoms with Crippen LogP contribution in [0.3, 0.4) is 0 Å². The molecule has 0 amide bonds. The fourth-order valence-electron chi connectivity index (χ4n) is 5.92. The van der Waals surface area contributed by atoms with Gasteiger partial charge in [-0.3, -0.25) is 4.90 Å². The molecule has 0 N–H and O–H groups in total. The molecule has 35 heavy (non-hydrogen) atoms. The predicted octanol–water partition coefficient (Wildman–Crippen LogP) is 6.53. The van der Waals surface area contributed by atoms with E-state index in [0.717, 1.165) is 41.3 Å². The van der Waals surface area contributed by atoms with Crippen molar-refractivity contribution in [2.75, 3.05) is 31.1 Å². The van der Waals surface area contributed by atoms with Crippen molar-refractivity contribution in [3.05, 3.63) is 45.7 Å². The molecule has 2 fully saturated rings. The van der Waals surface area contributed by atoms with E-state index < -0.39 is 0 Å². The van der Waals surface area contributed by atoms with Crippen molar-refractivity contribution < 1.29 is 0 Å². The van der Waals surface area contributed by atoms with Crippen LogP contribution in [0.1, 0.15) is 69.7 Å². The standard InChI is InChI=1S/C27H36Cl2N6/c1-18-17-34(14-11-24(18)33-12-7-5-4-6-8-13-33)25-16-30-26-19(2)32-35(27(26)31-25)20(3)22-10-9-21(28)15-23(22)29/h9-10,15-16,18,20,24H,4-8,11-14,17H2,1-3H3. The summed E-state index contributed by atoms with van der Waals surface area (Å²) < 4.78 is 1.95. The molecule has 0 aliphatic carbocycles. The minimum Gasteiger partial charge on any atom is -0.355 e. The third kappa shape index (κ3) is 5.16. The second-order valence-corrected chi connectivity index (χ2v) is 11.2. The Balaban J connectivity index is 1.38. The van der Waals surface area contributed by atoms with E-state index in [9.17, 15) is 0 Å². The highest BCUT2D eigenvalue weighted by Crippen LogP contribution is 2.32. The number of hydrogen-bond acceptors (Lipinski definition) is 5. The number of fused-ring (bicyclic) bond motifs is 1. The van der Waals surface area contributed by atoms with Crippen LogP contribution in [0.4, 0.5) is 5.82 Å². The van der Waals surface area contributed by atoms with Gasteiger partial charge in [-0.25, -0.2) is 14.6 Å². The maximum absolute atomic E-state index is 6.52. The van der Waals surface area contributed by atoms with Gasteiger partial charge < -0.3 is 4.90 Å². The maximum atomic E-state index is 6.52. The second kappa shape index (κ2) is 10.6. The summed E-state index contributed by atoms with van der Waals surface area (Å²) in [5.41, 5.74) is 3.49. The summed E-state index contributed by atoms with van der Waals surface area (Å²) >= 11 is 12.6. The molecule has 0 spiro atoms. The average Bonchev–Trinajstić information content (AvgIpc) is 3.15. The van der Waals surface area contributed by atoms with Gasteiger partial charge in [0.25, 0.3) is 0 Å². The molecular formula is C27H36Cl2N6. The summed E-state index contributed by atoms with van der Waals surface area (Å²) in [6, 6.07) is 6.19. The number of benzene rings is 1. The number of aromatic nitrogens is 4. The first-order chi connectivity index (χ1) is 16.9. The van der Waals surface area contributed by atoms with E-state index >= 15 is 0 Å². The first-order valence-electron chi connectivity index (χ1n) is 13.1. The molecule has 5 rings (SSSR count). The van der Waals surface area contributed by atoms with E-state index in [1.807, 2.05) is 29.9 Å². The van der Waals surface area contributed by atoms with Gasteiger partial charge in [0.05, 0.1) is 17.9 Å². The van der Waals surface area contributed by atoms with Crippen molar-refractivity contribution in [1.82, 2.24) is 24.6 Å². The number of aryl methyl sites for hydroxylation is 1. The SMILES string of the molecule is Cc1nn(C(C)c2ccc(Cl)cc2Cl)c2nc(N3CCC(N4CCCCCCC4)C(C)C3)cnc12. The molecule has 0 bridgehead atoms. The Morgan fingerprint density at radius 2 is 1.77 bits per heavy atom. The fraction of sp³-hybridized carbons (Fsp3) is 0.593. The number of hydrogen-bond donors (Lipinski definition) is 0. The highest BCUT2D eigenvalue weighted by Gasteiger charge is 2.31. The van der Waals surface area contributed by atoms with Gasteiger partial charge in [0.15, 0.2) is 5.65 Å². The van der Waals surface area contributed by atoms with Gasteiger partial charge in [-0.15, -0.1) is 0 Å². The third-order valence-electron chi connectivity index (χ3n) is 7.88. The zero-order valence-electron chi connectivity index (χ0n) is 21.1. The third-order valence-corrected chi connectivity index (χ3v) is 8.44. The minimum absolute atomic E-state index is 0.0858. The molecule has 6 nitrogen and oxygen atoms in total. The zero-order chi connectivity index (χ0) is 24.5. The Hall–Kier alpha value is -1.89. The van der Waals surface area contributed by atoms with Crippen molar-refractivity contribution in [1.29, 1.82) is 0 Å². The minimum atomic E-state index is -0.0858. The van der Waals surface area contributed by atoms with Crippen LogP contribution in [0.5, 0.6) is 0 Å². The van der Waals surface area contributed by atoms with Crippen LogP contribution < -0.4 is 4.90 Å². The van der Waals surface area contributed by atoms with E-state index in [-0.39, 0.29) is 6.04 Å². The number of likely N-dealkylation sites (tertiary alicyclic amines) is 1. The van der Waals surface area contributed by atoms with Crippen LogP contribution in [0.25, 0.3) is 11.2 Å². The van der Waals surface area contributed by atoms with Gasteiger partial charge >= 0.3 is 0 Å². The van der Waals surface area contributed by atoms with Crippen LogP contribution in [0.15, 0.2) is 24.4 Å². The van der Waals surface area contributed by atoms with Crippen LogP contribution >= 0.6 is 23.2 Å². The van der Waals surface area contributed by atoms with E-state index in [1.165, 1.54) is 51.6 Å². The lowest BCUT2D eigenvalue weighted by molar-refractivity contribution is 0.118. The molecule has 3 atom stereocenters. The molecule has 1 aromatic carbocycles. The van der Waals surface area contributed by atoms with Crippen molar-refractivity contribution >= 4 is 40.2 Å². The van der Waals surface area contributed by atoms with Gasteiger partial charge in [0, 0.05) is 29.2 Å². The Labute approximate surface area is 218 Å². The smallest absolute Gasteiger partial charge is 0.179 e. The monoisotopic (exact) mass is 514 g/mol. The molecule has 4 heterocycles. The topological polar surface area (TPSA) is 50.1 Å². The number of rotatable bonds is 4. The van der Waals surface area contributed by atoms with Gasteiger partial charge in [-0.1, -0.05) is 55.5 Å². The lowest BCUT2D eigenvalue weighted by Crippen LogP contribution is -2.51. The summed E-state index contributed by atoms with van der Waals surface area (Å²) in [7, 11) is 0. The van der Waals surface area contributed by atoms with E-state index in [1.54, 1.807) is 6.07 Å². The van der Waals surface area contributed by atoms with Gasteiger partial charge in [0.2, 0.25) is 0 Å². The van der Waals surface area contributed by atoms with Crippen molar-refractivity contribution in [2.24, 2.45) is 5.92 Å². The molecule has 2 aromatic heterocycles. The van der Waals surface area contributed by atoms with E-state index in [0.29, 0.717) is 22.0 Å². The summed E-state index contributed by atoms with van der Waals surface area (Å²) in [5, 5.41) is 6.06. The molecule has 2 aliphatic heterocycles. The quantitative estimate of drug-likeness (QED) is 0.395. The summed E-state index contributed by atoms with van der Waals surface area (Å²) in [6.45, 7) is 11.0. The molecule has 188 valence electrons. The highest BCUT2D eigenvalue weighted by atomic mass is 35.5. The van der Waals surface area contributed by atoms with E-state index in [2.05, 4.69) is 23.6 Å². The zero-order valence-corrected chi connectivity index (χ0v) is 22.6. The average molecular weight is 516 g/mol. The molecule has 0 radical (unpaired) electrons. The number of halogens is 2. The highest BCUT2D eigenvalue weighted by molar-refractivity contribution is 6.35. The predicted molar refractivity (Wildman–Crippen MR) is 145 cm³/mol.